The minimum Gasteiger partial charge on any atom is -0.443 e. The minimum absolute atomic E-state index is 0.0203. The van der Waals surface area contributed by atoms with Gasteiger partial charge in [-0.25, -0.2) is 9.69 Å². The molecule has 0 spiro atoms. The summed E-state index contributed by atoms with van der Waals surface area (Å²) in [6, 6.07) is 9.86. The maximum absolute atomic E-state index is 13.1. The maximum atomic E-state index is 13.1. The summed E-state index contributed by atoms with van der Waals surface area (Å²) in [5, 5.41) is -0.358. The van der Waals surface area contributed by atoms with Gasteiger partial charge in [-0.05, 0) is 50.5 Å². The molecular formula is C23H28ClNO4. The summed E-state index contributed by atoms with van der Waals surface area (Å²) in [4.78, 5) is 27.5. The summed E-state index contributed by atoms with van der Waals surface area (Å²) in [7, 11) is 0. The third-order valence-electron chi connectivity index (χ3n) is 6.30. The summed E-state index contributed by atoms with van der Waals surface area (Å²) in [6.07, 6.45) is 4.73. The summed E-state index contributed by atoms with van der Waals surface area (Å²) in [6.45, 7) is 6.01. The molecule has 5 nitrogen and oxygen atoms in total. The largest absolute Gasteiger partial charge is 0.443 e. The van der Waals surface area contributed by atoms with Gasteiger partial charge in [-0.2, -0.15) is 0 Å². The number of hydrogen-bond acceptors (Lipinski definition) is 4. The third kappa shape index (κ3) is 3.49. The number of likely N-dealkylation sites (tertiary alicyclic amines) is 1. The second kappa shape index (κ2) is 7.44. The Morgan fingerprint density at radius 2 is 2.00 bits per heavy atom. The van der Waals surface area contributed by atoms with Crippen LogP contribution >= 0.6 is 11.6 Å². The van der Waals surface area contributed by atoms with E-state index in [1.165, 1.54) is 4.90 Å². The lowest BCUT2D eigenvalue weighted by atomic mass is 9.81. The number of carbonyl (C=O) groups is 2. The molecule has 1 saturated heterocycles. The van der Waals surface area contributed by atoms with Gasteiger partial charge >= 0.3 is 6.09 Å². The van der Waals surface area contributed by atoms with Crippen molar-refractivity contribution in [1.29, 1.82) is 0 Å². The fraction of sp³-hybridized carbons (Fsp3) is 0.565. The average molecular weight is 418 g/mol. The summed E-state index contributed by atoms with van der Waals surface area (Å²) >= 11 is 6.98. The summed E-state index contributed by atoms with van der Waals surface area (Å²) < 4.78 is 11.7. The molecule has 5 atom stereocenters. The topological polar surface area (TPSA) is 55.8 Å². The van der Waals surface area contributed by atoms with E-state index in [9.17, 15) is 9.59 Å². The van der Waals surface area contributed by atoms with Crippen LogP contribution in [-0.4, -0.2) is 40.0 Å². The van der Waals surface area contributed by atoms with Crippen LogP contribution < -0.4 is 0 Å². The Balaban J connectivity index is 1.65. The Morgan fingerprint density at radius 1 is 1.28 bits per heavy atom. The van der Waals surface area contributed by atoms with Crippen LogP contribution in [0.25, 0.3) is 0 Å². The number of fused-ring (bicyclic) bond motifs is 5. The van der Waals surface area contributed by atoms with Gasteiger partial charge in [0.1, 0.15) is 5.60 Å². The molecule has 1 aliphatic heterocycles. The molecule has 0 N–H and O–H groups in total. The Kier molecular flexibility index (Phi) is 5.24. The Labute approximate surface area is 177 Å². The van der Waals surface area contributed by atoms with Gasteiger partial charge in [0.05, 0.1) is 24.1 Å². The van der Waals surface area contributed by atoms with Crippen LogP contribution in [0.4, 0.5) is 4.79 Å². The molecule has 2 aliphatic carbocycles. The first kappa shape index (κ1) is 20.4. The lowest BCUT2D eigenvalue weighted by Crippen LogP contribution is -2.66. The number of hydrogen-bond donors (Lipinski definition) is 0. The van der Waals surface area contributed by atoms with Gasteiger partial charge in [-0.15, -0.1) is 11.6 Å². The molecule has 1 saturated carbocycles. The smallest absolute Gasteiger partial charge is 0.417 e. The highest BCUT2D eigenvalue weighted by atomic mass is 35.5. The first-order valence-corrected chi connectivity index (χ1v) is 10.7. The Bertz CT molecular complexity index is 818. The van der Waals surface area contributed by atoms with Crippen molar-refractivity contribution < 1.29 is 19.1 Å². The van der Waals surface area contributed by atoms with Crippen LogP contribution in [0.1, 0.15) is 39.2 Å². The monoisotopic (exact) mass is 417 g/mol. The number of alkyl halides is 1. The third-order valence-corrected chi connectivity index (χ3v) is 7.00. The summed E-state index contributed by atoms with van der Waals surface area (Å²) in [5.41, 5.74) is -0.558. The zero-order valence-corrected chi connectivity index (χ0v) is 17.9. The quantitative estimate of drug-likeness (QED) is 0.533. The second-order valence-electron chi connectivity index (χ2n) is 9.30. The molecule has 0 unspecified atom stereocenters. The van der Waals surface area contributed by atoms with Crippen molar-refractivity contribution in [3.05, 3.63) is 48.0 Å². The van der Waals surface area contributed by atoms with E-state index >= 15 is 0 Å². The van der Waals surface area contributed by atoms with E-state index in [2.05, 4.69) is 12.2 Å². The van der Waals surface area contributed by atoms with Crippen LogP contribution in [0.5, 0.6) is 0 Å². The maximum Gasteiger partial charge on any atom is 0.417 e. The molecule has 2 fully saturated rings. The number of halogens is 1. The highest BCUT2D eigenvalue weighted by Gasteiger charge is 2.68. The van der Waals surface area contributed by atoms with Gasteiger partial charge in [0, 0.05) is 6.42 Å². The number of nitrogens with zero attached hydrogens (tertiary/aromatic N) is 1. The average Bonchev–Trinajstić information content (AvgIpc) is 3.17. The molecule has 1 aromatic rings. The van der Waals surface area contributed by atoms with Gasteiger partial charge in [-0.3, -0.25) is 4.79 Å². The predicted octanol–water partition coefficient (Wildman–Crippen LogP) is 4.54. The van der Waals surface area contributed by atoms with Crippen LogP contribution in [0, 0.1) is 17.8 Å². The molecule has 1 heterocycles. The van der Waals surface area contributed by atoms with Crippen molar-refractivity contribution in [1.82, 2.24) is 4.90 Å². The van der Waals surface area contributed by atoms with Crippen molar-refractivity contribution in [3.8, 4) is 0 Å². The number of rotatable bonds is 4. The van der Waals surface area contributed by atoms with Crippen molar-refractivity contribution >= 4 is 23.6 Å². The van der Waals surface area contributed by atoms with E-state index in [-0.39, 0.29) is 42.1 Å². The molecule has 156 valence electrons. The molecule has 4 rings (SSSR count). The molecule has 3 aliphatic rings. The molecular weight excluding hydrogens is 390 g/mol. The van der Waals surface area contributed by atoms with E-state index < -0.39 is 17.2 Å². The zero-order valence-electron chi connectivity index (χ0n) is 17.1. The molecule has 2 amide bonds. The lowest BCUT2D eigenvalue weighted by Gasteiger charge is -2.48. The standard InChI is InChI=1S/C23H28ClNO4/c1-22(2,3)29-21(27)25-19(26)12-17-16-10-7-11-18(16)23(25,20(17)24)14-28-13-15-8-5-4-6-9-15/h4-10,16-18,20H,11-14H2,1-3H3/t16-,17+,18-,20-,23+/m1/s1. The minimum atomic E-state index is -0.896. The number of carbonyl (C=O) groups excluding carboxylic acids is 2. The van der Waals surface area contributed by atoms with E-state index in [4.69, 9.17) is 21.1 Å². The van der Waals surface area contributed by atoms with E-state index in [1.54, 1.807) is 20.8 Å². The zero-order chi connectivity index (χ0) is 20.8. The molecule has 0 aromatic heterocycles. The van der Waals surface area contributed by atoms with E-state index in [1.807, 2.05) is 30.3 Å². The van der Waals surface area contributed by atoms with Gasteiger partial charge in [-0.1, -0.05) is 42.5 Å². The van der Waals surface area contributed by atoms with Crippen LogP contribution in [0.3, 0.4) is 0 Å². The van der Waals surface area contributed by atoms with Crippen LogP contribution in [0.15, 0.2) is 42.5 Å². The lowest BCUT2D eigenvalue weighted by molar-refractivity contribution is -0.145. The number of benzene rings is 1. The van der Waals surface area contributed by atoms with Crippen molar-refractivity contribution in [2.24, 2.45) is 17.8 Å². The normalized spacial score (nSPS) is 33.1. The highest BCUT2D eigenvalue weighted by molar-refractivity contribution is 6.23. The molecule has 1 aromatic carbocycles. The molecule has 29 heavy (non-hydrogen) atoms. The molecule has 0 radical (unpaired) electrons. The number of imide groups is 1. The van der Waals surface area contributed by atoms with E-state index in [0.29, 0.717) is 6.61 Å². The molecule has 2 bridgehead atoms. The van der Waals surface area contributed by atoms with E-state index in [0.717, 1.165) is 12.0 Å². The van der Waals surface area contributed by atoms with Gasteiger partial charge in [0.15, 0.2) is 0 Å². The van der Waals surface area contributed by atoms with Gasteiger partial charge in [0.25, 0.3) is 0 Å². The SMILES string of the molecule is CC(C)(C)OC(=O)N1C(=O)C[C@H]2[C@H]3C=CC[C@H]3[C@@]1(COCc1ccccc1)[C@@H]2Cl. The predicted molar refractivity (Wildman–Crippen MR) is 110 cm³/mol. The fourth-order valence-electron chi connectivity index (χ4n) is 5.21. The first-order chi connectivity index (χ1) is 13.7. The second-order valence-corrected chi connectivity index (χ2v) is 9.77. The number of piperidine rings is 1. The van der Waals surface area contributed by atoms with Gasteiger partial charge < -0.3 is 9.47 Å². The number of ether oxygens (including phenoxy) is 2. The van der Waals surface area contributed by atoms with Gasteiger partial charge in [0.2, 0.25) is 5.91 Å². The van der Waals surface area contributed by atoms with Crippen LogP contribution in [0.2, 0.25) is 0 Å². The van der Waals surface area contributed by atoms with Crippen molar-refractivity contribution in [2.75, 3.05) is 6.61 Å². The first-order valence-electron chi connectivity index (χ1n) is 10.2. The summed E-state index contributed by atoms with van der Waals surface area (Å²) in [5.74, 6) is 0.0538. The molecule has 6 heteroatoms. The van der Waals surface area contributed by atoms with Crippen molar-refractivity contribution in [3.63, 3.8) is 0 Å². The number of allylic oxidation sites excluding steroid dienone is 2. The Hall–Kier alpha value is -1.85. The van der Waals surface area contributed by atoms with Crippen molar-refractivity contribution in [2.45, 2.75) is 56.7 Å². The fourth-order valence-corrected chi connectivity index (χ4v) is 5.79. The highest BCUT2D eigenvalue weighted by Crippen LogP contribution is 2.59. The number of amides is 2. The Morgan fingerprint density at radius 3 is 2.69 bits per heavy atom. The van der Waals surface area contributed by atoms with Crippen LogP contribution in [-0.2, 0) is 20.9 Å².